The number of fused-ring (bicyclic) bond motifs is 2. The van der Waals surface area contributed by atoms with Gasteiger partial charge in [-0.2, -0.15) is 0 Å². The van der Waals surface area contributed by atoms with E-state index in [0.717, 1.165) is 32.1 Å². The second kappa shape index (κ2) is 8.61. The van der Waals surface area contributed by atoms with Gasteiger partial charge in [0.05, 0.1) is 6.42 Å². The van der Waals surface area contributed by atoms with Crippen LogP contribution >= 0.6 is 0 Å². The highest BCUT2D eigenvalue weighted by atomic mass is 17.3. The van der Waals surface area contributed by atoms with E-state index in [0.29, 0.717) is 5.92 Å². The lowest BCUT2D eigenvalue weighted by Gasteiger charge is -2.59. The van der Waals surface area contributed by atoms with Gasteiger partial charge in [0, 0.05) is 30.7 Å². The van der Waals surface area contributed by atoms with Gasteiger partial charge in [-0.15, -0.1) is 0 Å². The van der Waals surface area contributed by atoms with Gasteiger partial charge in [-0.1, -0.05) is 20.8 Å². The zero-order chi connectivity index (χ0) is 22.4. The van der Waals surface area contributed by atoms with Crippen molar-refractivity contribution in [2.24, 2.45) is 23.7 Å². The molecule has 8 nitrogen and oxygen atoms in total. The second-order valence-electron chi connectivity index (χ2n) is 10.1. The van der Waals surface area contributed by atoms with Crippen molar-refractivity contribution >= 4 is 11.9 Å². The van der Waals surface area contributed by atoms with Crippen molar-refractivity contribution in [1.82, 2.24) is 5.32 Å². The largest absolute Gasteiger partial charge is 0.435 e. The SMILES string of the molecule is CC[C@H](C)NC(=O)CCC(=O)O[C@@H]1O[C@H]2O[C@@]3(C)CC[C@H]4[C@H](C)CC[C@@H]([C@H]1C)[C@@]24OO3. The van der Waals surface area contributed by atoms with Crippen LogP contribution in [0.15, 0.2) is 0 Å². The van der Waals surface area contributed by atoms with Gasteiger partial charge in [-0.3, -0.25) is 9.59 Å². The van der Waals surface area contributed by atoms with E-state index in [1.165, 1.54) is 0 Å². The molecule has 8 heteroatoms. The molecule has 4 aliphatic heterocycles. The summed E-state index contributed by atoms with van der Waals surface area (Å²) >= 11 is 0. The van der Waals surface area contributed by atoms with Gasteiger partial charge in [0.1, 0.15) is 0 Å². The smallest absolute Gasteiger partial charge is 0.308 e. The molecule has 0 radical (unpaired) electrons. The van der Waals surface area contributed by atoms with Gasteiger partial charge in [0.25, 0.3) is 0 Å². The first-order valence-electron chi connectivity index (χ1n) is 11.9. The van der Waals surface area contributed by atoms with Crippen molar-refractivity contribution in [3.8, 4) is 0 Å². The Kier molecular flexibility index (Phi) is 6.38. The van der Waals surface area contributed by atoms with Crippen LogP contribution in [0.3, 0.4) is 0 Å². The Morgan fingerprint density at radius 2 is 1.90 bits per heavy atom. The van der Waals surface area contributed by atoms with Gasteiger partial charge in [-0.25, -0.2) is 9.78 Å². The molecule has 4 heterocycles. The Bertz CT molecular complexity index is 701. The lowest BCUT2D eigenvalue weighted by molar-refractivity contribution is -0.576. The van der Waals surface area contributed by atoms with Crippen LogP contribution in [0.4, 0.5) is 0 Å². The lowest BCUT2D eigenvalue weighted by Crippen LogP contribution is -2.70. The maximum absolute atomic E-state index is 12.5. The molecule has 1 amide bonds. The van der Waals surface area contributed by atoms with E-state index in [-0.39, 0.29) is 42.5 Å². The molecule has 2 bridgehead atoms. The minimum atomic E-state index is -0.860. The third-order valence-corrected chi connectivity index (χ3v) is 7.92. The summed E-state index contributed by atoms with van der Waals surface area (Å²) in [5, 5.41) is 2.87. The van der Waals surface area contributed by atoms with Crippen LogP contribution in [0.2, 0.25) is 0 Å². The van der Waals surface area contributed by atoms with E-state index in [1.54, 1.807) is 0 Å². The maximum atomic E-state index is 12.5. The fraction of sp³-hybridized carbons (Fsp3) is 0.913. The molecule has 9 atom stereocenters. The summed E-state index contributed by atoms with van der Waals surface area (Å²) in [5.74, 6) is -0.666. The first-order valence-corrected chi connectivity index (χ1v) is 11.9. The Hall–Kier alpha value is -1.22. The molecule has 176 valence electrons. The number of carbonyl (C=O) groups is 2. The summed E-state index contributed by atoms with van der Waals surface area (Å²) in [5.41, 5.74) is -0.674. The molecule has 1 spiro atoms. The van der Waals surface area contributed by atoms with E-state index in [9.17, 15) is 9.59 Å². The Morgan fingerprint density at radius 1 is 1.13 bits per heavy atom. The van der Waals surface area contributed by atoms with Crippen molar-refractivity contribution in [3.05, 3.63) is 0 Å². The minimum Gasteiger partial charge on any atom is -0.435 e. The van der Waals surface area contributed by atoms with Gasteiger partial charge >= 0.3 is 5.97 Å². The number of amides is 1. The quantitative estimate of drug-likeness (QED) is 0.501. The van der Waals surface area contributed by atoms with Crippen LogP contribution < -0.4 is 5.32 Å². The van der Waals surface area contributed by atoms with Crippen LogP contribution in [0.25, 0.3) is 0 Å². The van der Waals surface area contributed by atoms with E-state index >= 15 is 0 Å². The Balaban J connectivity index is 1.44. The summed E-state index contributed by atoms with van der Waals surface area (Å²) in [6.07, 6.45) is 3.31. The fourth-order valence-electron chi connectivity index (χ4n) is 5.86. The number of rotatable bonds is 6. The first-order chi connectivity index (χ1) is 14.7. The normalized spacial score (nSPS) is 44.7. The monoisotopic (exact) mass is 439 g/mol. The minimum absolute atomic E-state index is 0.0210. The average molecular weight is 440 g/mol. The van der Waals surface area contributed by atoms with Crippen molar-refractivity contribution in [2.45, 2.75) is 110 Å². The summed E-state index contributed by atoms with van der Waals surface area (Å²) < 4.78 is 18.2. The molecule has 0 unspecified atom stereocenters. The highest BCUT2D eigenvalue weighted by molar-refractivity contribution is 5.81. The molecular weight excluding hydrogens is 402 g/mol. The van der Waals surface area contributed by atoms with Crippen LogP contribution in [-0.2, 0) is 33.6 Å². The summed E-state index contributed by atoms with van der Waals surface area (Å²) in [6, 6.07) is 0.0921. The predicted octanol–water partition coefficient (Wildman–Crippen LogP) is 3.43. The standard InChI is InChI=1S/C23H37NO7/c1-6-14(3)24-18(25)9-10-19(26)27-20-15(4)17-8-7-13(2)16-11-12-22(5)29-21(28-20)23(16,17)31-30-22/h13-17,20-21H,6-12H2,1-5H3,(H,24,25)/t13-,14+,15-,16+,17+,20-,21+,22-,23-/m1/s1. The van der Waals surface area contributed by atoms with Gasteiger partial charge in [-0.05, 0) is 51.4 Å². The van der Waals surface area contributed by atoms with Gasteiger partial charge in [0.2, 0.25) is 18.0 Å². The summed E-state index contributed by atoms with van der Waals surface area (Å²) in [7, 11) is 0. The van der Waals surface area contributed by atoms with Crippen LogP contribution in [0, 0.1) is 23.7 Å². The molecule has 1 N–H and O–H groups in total. The Labute approximate surface area is 184 Å². The first kappa shape index (κ1) is 23.0. The van der Waals surface area contributed by atoms with Gasteiger partial charge in [0.15, 0.2) is 11.9 Å². The van der Waals surface area contributed by atoms with E-state index in [4.69, 9.17) is 24.0 Å². The van der Waals surface area contributed by atoms with Crippen LogP contribution in [0.5, 0.6) is 0 Å². The third-order valence-electron chi connectivity index (χ3n) is 7.92. The molecule has 4 saturated heterocycles. The number of hydrogen-bond acceptors (Lipinski definition) is 7. The topological polar surface area (TPSA) is 92.3 Å². The summed E-state index contributed by atoms with van der Waals surface area (Å²) in [4.78, 5) is 36.4. The van der Waals surface area contributed by atoms with Crippen molar-refractivity contribution in [1.29, 1.82) is 0 Å². The number of esters is 1. The van der Waals surface area contributed by atoms with Crippen molar-refractivity contribution in [3.63, 3.8) is 0 Å². The molecule has 5 rings (SSSR count). The van der Waals surface area contributed by atoms with E-state index < -0.39 is 29.9 Å². The number of ether oxygens (including phenoxy) is 3. The molecule has 1 saturated carbocycles. The van der Waals surface area contributed by atoms with Crippen LogP contribution in [0.1, 0.15) is 79.6 Å². The molecule has 1 aliphatic carbocycles. The number of nitrogens with one attached hydrogen (secondary N) is 1. The maximum Gasteiger partial charge on any atom is 0.308 e. The van der Waals surface area contributed by atoms with Crippen molar-refractivity contribution < 1.29 is 33.6 Å². The molecule has 0 aromatic heterocycles. The molecular formula is C23H37NO7. The van der Waals surface area contributed by atoms with E-state index in [1.807, 2.05) is 27.7 Å². The Morgan fingerprint density at radius 3 is 2.65 bits per heavy atom. The molecule has 0 aromatic rings. The zero-order valence-corrected chi connectivity index (χ0v) is 19.3. The number of hydrogen-bond donors (Lipinski definition) is 1. The predicted molar refractivity (Wildman–Crippen MR) is 110 cm³/mol. The fourth-order valence-corrected chi connectivity index (χ4v) is 5.86. The molecule has 31 heavy (non-hydrogen) atoms. The molecule has 5 aliphatic rings. The lowest BCUT2D eigenvalue weighted by atomic mass is 9.58. The zero-order valence-electron chi connectivity index (χ0n) is 19.3. The highest BCUT2D eigenvalue weighted by Gasteiger charge is 2.69. The summed E-state index contributed by atoms with van der Waals surface area (Å²) in [6.45, 7) is 10.1. The van der Waals surface area contributed by atoms with Crippen molar-refractivity contribution in [2.75, 3.05) is 0 Å². The molecule has 5 fully saturated rings. The van der Waals surface area contributed by atoms with Crippen LogP contribution in [-0.4, -0.2) is 41.9 Å². The second-order valence-corrected chi connectivity index (χ2v) is 10.1. The van der Waals surface area contributed by atoms with Gasteiger partial charge < -0.3 is 19.5 Å². The highest BCUT2D eigenvalue weighted by Crippen LogP contribution is 2.60. The van der Waals surface area contributed by atoms with E-state index in [2.05, 4.69) is 12.2 Å². The number of carbonyl (C=O) groups excluding carboxylic acids is 2. The average Bonchev–Trinajstić information content (AvgIpc) is 2.96. The molecule has 0 aromatic carbocycles. The third kappa shape index (κ3) is 4.12.